The van der Waals surface area contributed by atoms with E-state index in [2.05, 4.69) is 49.7 Å². The molecule has 0 radical (unpaired) electrons. The molecule has 0 spiro atoms. The Bertz CT molecular complexity index is 1200. The largest absolute Gasteiger partial charge is 0.330 e. The average molecular weight is 433 g/mol. The Kier molecular flexibility index (Phi) is 5.73. The number of fused-ring (bicyclic) bond motifs is 2. The predicted molar refractivity (Wildman–Crippen MR) is 122 cm³/mol. The van der Waals surface area contributed by atoms with Gasteiger partial charge in [0.15, 0.2) is 0 Å². The van der Waals surface area contributed by atoms with Gasteiger partial charge >= 0.3 is 0 Å². The molecular weight excluding hydrogens is 408 g/mol. The van der Waals surface area contributed by atoms with Crippen molar-refractivity contribution < 1.29 is 4.79 Å². The Morgan fingerprint density at radius 2 is 1.87 bits per heavy atom. The van der Waals surface area contributed by atoms with Crippen molar-refractivity contribution in [1.82, 2.24) is 24.6 Å². The van der Waals surface area contributed by atoms with Crippen molar-refractivity contribution in [3.05, 3.63) is 71.0 Å². The van der Waals surface area contributed by atoms with E-state index < -0.39 is 0 Å². The molecule has 2 aromatic heterocycles. The van der Waals surface area contributed by atoms with Gasteiger partial charge in [-0.3, -0.25) is 9.69 Å². The van der Waals surface area contributed by atoms with Crippen LogP contribution in [0.5, 0.6) is 0 Å². The van der Waals surface area contributed by atoms with Gasteiger partial charge < -0.3 is 9.88 Å². The molecular formula is C23H24N6OS. The number of aryl methyl sites for hydroxylation is 1. The third kappa shape index (κ3) is 4.65. The summed E-state index contributed by atoms with van der Waals surface area (Å²) in [6.07, 6.45) is 4.08. The minimum atomic E-state index is -0.0619. The lowest BCUT2D eigenvalue weighted by atomic mass is 10.00. The zero-order chi connectivity index (χ0) is 21.0. The van der Waals surface area contributed by atoms with Crippen LogP contribution in [0.15, 0.2) is 54.9 Å². The monoisotopic (exact) mass is 432 g/mol. The van der Waals surface area contributed by atoms with Crippen LogP contribution < -0.4 is 5.32 Å². The maximum atomic E-state index is 12.4. The van der Waals surface area contributed by atoms with E-state index in [4.69, 9.17) is 0 Å². The minimum Gasteiger partial charge on any atom is -0.330 e. The topological polar surface area (TPSA) is 75.9 Å². The van der Waals surface area contributed by atoms with E-state index in [1.807, 2.05) is 28.8 Å². The van der Waals surface area contributed by atoms with Crippen molar-refractivity contribution in [1.29, 1.82) is 0 Å². The van der Waals surface area contributed by atoms with Gasteiger partial charge in [0.2, 0.25) is 11.0 Å². The first-order chi connectivity index (χ1) is 15.2. The maximum absolute atomic E-state index is 12.4. The number of amides is 1. The van der Waals surface area contributed by atoms with E-state index in [1.54, 1.807) is 6.33 Å². The molecule has 1 aliphatic heterocycles. The number of aromatic nitrogens is 4. The van der Waals surface area contributed by atoms with Crippen molar-refractivity contribution in [3.63, 3.8) is 0 Å². The summed E-state index contributed by atoms with van der Waals surface area (Å²) >= 11 is 1.46. The molecule has 0 fully saturated rings. The van der Waals surface area contributed by atoms with Crippen LogP contribution in [0, 0.1) is 0 Å². The Morgan fingerprint density at radius 3 is 2.81 bits per heavy atom. The van der Waals surface area contributed by atoms with Crippen LogP contribution in [-0.4, -0.2) is 43.6 Å². The number of rotatable bonds is 7. The Balaban J connectivity index is 1.10. The van der Waals surface area contributed by atoms with Crippen LogP contribution in [0.2, 0.25) is 0 Å². The molecule has 0 unspecified atom stereocenters. The van der Waals surface area contributed by atoms with Crippen molar-refractivity contribution in [2.24, 2.45) is 0 Å². The minimum absolute atomic E-state index is 0.0619. The molecule has 7 nitrogen and oxygen atoms in total. The van der Waals surface area contributed by atoms with E-state index in [0.29, 0.717) is 18.1 Å². The Morgan fingerprint density at radius 1 is 1.03 bits per heavy atom. The highest BCUT2D eigenvalue weighted by atomic mass is 32.1. The van der Waals surface area contributed by atoms with Crippen molar-refractivity contribution >= 4 is 33.4 Å². The molecule has 0 aliphatic carbocycles. The number of nitrogens with zero attached hydrogens (tertiary/aromatic N) is 5. The highest BCUT2D eigenvalue weighted by Crippen LogP contribution is 2.20. The number of anilines is 1. The lowest BCUT2D eigenvalue weighted by Crippen LogP contribution is -2.32. The highest BCUT2D eigenvalue weighted by molar-refractivity contribution is 7.15. The fraction of sp³-hybridized carbons (Fsp3) is 0.304. The van der Waals surface area contributed by atoms with Gasteiger partial charge in [0, 0.05) is 39.0 Å². The van der Waals surface area contributed by atoms with Crippen molar-refractivity contribution in [2.45, 2.75) is 32.4 Å². The highest BCUT2D eigenvalue weighted by Gasteiger charge is 2.16. The van der Waals surface area contributed by atoms with Crippen molar-refractivity contribution in [3.8, 4) is 0 Å². The van der Waals surface area contributed by atoms with Gasteiger partial charge in [0.25, 0.3) is 0 Å². The summed E-state index contributed by atoms with van der Waals surface area (Å²) in [6, 6.07) is 16.6. The number of nitrogens with one attached hydrogen (secondary N) is 1. The van der Waals surface area contributed by atoms with Gasteiger partial charge in [-0.05, 0) is 29.7 Å². The molecule has 5 rings (SSSR count). The summed E-state index contributed by atoms with van der Waals surface area (Å²) < 4.78 is 2.00. The second kappa shape index (κ2) is 8.95. The van der Waals surface area contributed by atoms with Crippen LogP contribution >= 0.6 is 11.3 Å². The average Bonchev–Trinajstić information content (AvgIpc) is 3.43. The van der Waals surface area contributed by atoms with E-state index in [1.165, 1.54) is 22.5 Å². The van der Waals surface area contributed by atoms with E-state index in [0.717, 1.165) is 48.5 Å². The molecule has 4 aromatic rings. The van der Waals surface area contributed by atoms with Crippen LogP contribution in [0.1, 0.15) is 22.6 Å². The molecule has 1 amide bonds. The summed E-state index contributed by atoms with van der Waals surface area (Å²) in [5.74, 6) is -0.0619. The summed E-state index contributed by atoms with van der Waals surface area (Å²) in [4.78, 5) is 19.2. The van der Waals surface area contributed by atoms with Gasteiger partial charge in [-0.25, -0.2) is 4.98 Å². The summed E-state index contributed by atoms with van der Waals surface area (Å²) in [7, 11) is 0. The molecule has 2 aromatic carbocycles. The zero-order valence-corrected chi connectivity index (χ0v) is 18.0. The number of benzene rings is 2. The maximum Gasteiger partial charge on any atom is 0.227 e. The fourth-order valence-corrected chi connectivity index (χ4v) is 4.74. The third-order valence-corrected chi connectivity index (χ3v) is 6.57. The van der Waals surface area contributed by atoms with E-state index >= 15 is 0 Å². The van der Waals surface area contributed by atoms with Gasteiger partial charge in [0.1, 0.15) is 5.01 Å². The molecule has 1 aliphatic rings. The number of carbonyl (C=O) groups excluding carboxylic acids is 1. The number of carbonyl (C=O) groups is 1. The molecule has 8 heteroatoms. The summed E-state index contributed by atoms with van der Waals surface area (Å²) in [6.45, 7) is 3.59. The summed E-state index contributed by atoms with van der Waals surface area (Å²) in [5.41, 5.74) is 4.86. The number of para-hydroxylation sites is 2. The van der Waals surface area contributed by atoms with Crippen LogP contribution in [0.4, 0.5) is 5.13 Å². The Labute approximate surface area is 184 Å². The molecule has 0 atom stereocenters. The zero-order valence-electron chi connectivity index (χ0n) is 17.2. The Hall–Kier alpha value is -3.10. The SMILES string of the molecule is O=C(CCn1cnc2ccccc21)Nc1nnc(CCN2CCc3ccccc3C2)s1. The van der Waals surface area contributed by atoms with Gasteiger partial charge in [-0.1, -0.05) is 47.7 Å². The van der Waals surface area contributed by atoms with Crippen LogP contribution in [0.3, 0.4) is 0 Å². The van der Waals surface area contributed by atoms with E-state index in [9.17, 15) is 4.79 Å². The summed E-state index contributed by atoms with van der Waals surface area (Å²) in [5, 5.41) is 12.8. The molecule has 0 bridgehead atoms. The lowest BCUT2D eigenvalue weighted by molar-refractivity contribution is -0.116. The lowest BCUT2D eigenvalue weighted by Gasteiger charge is -2.28. The second-order valence-electron chi connectivity index (χ2n) is 7.77. The standard InChI is InChI=1S/C23H24N6OS/c30-21(10-14-29-16-24-19-7-3-4-8-20(19)29)25-23-27-26-22(31-23)11-13-28-12-9-17-5-1-2-6-18(17)15-28/h1-8,16H,9-15H2,(H,25,27,30). The smallest absolute Gasteiger partial charge is 0.227 e. The molecule has 158 valence electrons. The predicted octanol–water partition coefficient (Wildman–Crippen LogP) is 3.52. The van der Waals surface area contributed by atoms with Crippen LogP contribution in [-0.2, 0) is 30.7 Å². The fourth-order valence-electron chi connectivity index (χ4n) is 4.00. The first-order valence-corrected chi connectivity index (χ1v) is 11.4. The number of hydrogen-bond acceptors (Lipinski definition) is 6. The van der Waals surface area contributed by atoms with Gasteiger partial charge in [-0.15, -0.1) is 10.2 Å². The number of hydrogen-bond donors (Lipinski definition) is 1. The molecule has 0 saturated carbocycles. The first-order valence-electron chi connectivity index (χ1n) is 10.6. The van der Waals surface area contributed by atoms with E-state index in [-0.39, 0.29) is 5.91 Å². The molecule has 31 heavy (non-hydrogen) atoms. The molecule has 1 N–H and O–H groups in total. The second-order valence-corrected chi connectivity index (χ2v) is 8.83. The quantitative estimate of drug-likeness (QED) is 0.484. The third-order valence-electron chi connectivity index (χ3n) is 5.67. The first kappa shape index (κ1) is 19.8. The van der Waals surface area contributed by atoms with Crippen molar-refractivity contribution in [2.75, 3.05) is 18.4 Å². The van der Waals surface area contributed by atoms with Gasteiger partial charge in [0.05, 0.1) is 17.4 Å². The molecule has 0 saturated heterocycles. The molecule has 3 heterocycles. The van der Waals surface area contributed by atoms with Crippen LogP contribution in [0.25, 0.3) is 11.0 Å². The normalized spacial score (nSPS) is 13.9. The number of imidazole rings is 1. The van der Waals surface area contributed by atoms with Gasteiger partial charge in [-0.2, -0.15) is 0 Å².